The molecule has 1 aliphatic heterocycles. The van der Waals surface area contributed by atoms with E-state index in [-0.39, 0.29) is 18.5 Å². The van der Waals surface area contributed by atoms with Crippen LogP contribution >= 0.6 is 0 Å². The third-order valence-electron chi connectivity index (χ3n) is 5.97. The number of rotatable bonds is 5. The molecular weight excluding hydrogens is 416 g/mol. The van der Waals surface area contributed by atoms with Crippen molar-refractivity contribution in [1.29, 1.82) is 0 Å². The number of amides is 1. The largest absolute Gasteiger partial charge is 0.473 e. The van der Waals surface area contributed by atoms with Crippen molar-refractivity contribution in [3.63, 3.8) is 0 Å². The van der Waals surface area contributed by atoms with Gasteiger partial charge in [-0.1, -0.05) is 43.5 Å². The van der Waals surface area contributed by atoms with Crippen LogP contribution in [-0.2, 0) is 20.8 Å². The third-order valence-corrected chi connectivity index (χ3v) is 5.97. The van der Waals surface area contributed by atoms with Crippen LogP contribution in [0, 0.1) is 0 Å². The van der Waals surface area contributed by atoms with Gasteiger partial charge in [0.25, 0.3) is 0 Å². The topological polar surface area (TPSA) is 147 Å². The lowest BCUT2D eigenvalue weighted by atomic mass is 9.83. The first kappa shape index (κ1) is 25.8. The van der Waals surface area contributed by atoms with Crippen molar-refractivity contribution in [2.24, 2.45) is 0 Å². The molecule has 0 radical (unpaired) electrons. The smallest absolute Gasteiger partial charge is 0.414 e. The number of carbonyl (C=O) groups is 3. The zero-order valence-electron chi connectivity index (χ0n) is 18.7. The molecule has 1 saturated carbocycles. The molecule has 9 heteroatoms. The van der Waals surface area contributed by atoms with Crippen molar-refractivity contribution in [3.8, 4) is 0 Å². The van der Waals surface area contributed by atoms with E-state index in [1.165, 1.54) is 12.0 Å². The van der Waals surface area contributed by atoms with Gasteiger partial charge in [0.2, 0.25) is 5.91 Å². The number of benzene rings is 1. The highest BCUT2D eigenvalue weighted by Crippen LogP contribution is 2.37. The molecule has 3 rings (SSSR count). The molecule has 32 heavy (non-hydrogen) atoms. The molecule has 0 spiro atoms. The average Bonchev–Trinajstić information content (AvgIpc) is 2.72. The van der Waals surface area contributed by atoms with Crippen LogP contribution in [0.3, 0.4) is 0 Å². The predicted molar refractivity (Wildman–Crippen MR) is 117 cm³/mol. The van der Waals surface area contributed by atoms with Gasteiger partial charge in [0, 0.05) is 13.1 Å². The molecule has 0 aromatic heterocycles. The molecule has 1 fully saturated rings. The number of aliphatic hydroxyl groups is 2. The molecule has 1 unspecified atom stereocenters. The van der Waals surface area contributed by atoms with Crippen molar-refractivity contribution in [1.82, 2.24) is 10.2 Å². The summed E-state index contributed by atoms with van der Waals surface area (Å²) < 4.78 is 0. The summed E-state index contributed by atoms with van der Waals surface area (Å²) in [6.07, 6.45) is 5.70. The van der Waals surface area contributed by atoms with Gasteiger partial charge in [-0.05, 0) is 44.2 Å². The van der Waals surface area contributed by atoms with Gasteiger partial charge in [0.15, 0.2) is 0 Å². The highest BCUT2D eigenvalue weighted by atomic mass is 16.4. The molecule has 2 aliphatic rings. The Hall–Kier alpha value is -2.49. The summed E-state index contributed by atoms with van der Waals surface area (Å²) in [5.41, 5.74) is 0.537. The zero-order chi connectivity index (χ0) is 23.9. The minimum Gasteiger partial charge on any atom is -0.473 e. The third kappa shape index (κ3) is 7.01. The minimum atomic E-state index is -1.82. The number of carbonyl (C=O) groups excluding carboxylic acids is 1. The number of nitrogens with one attached hydrogen (secondary N) is 1. The SMILES string of the molecule is CC(C)(O)C1c2ccccc2CCN1C(=O)CNCC1(O)CCCCC1.O=C(O)C(=O)O. The van der Waals surface area contributed by atoms with Crippen LogP contribution in [0.5, 0.6) is 0 Å². The number of aliphatic carboxylic acids is 2. The second-order valence-corrected chi connectivity index (χ2v) is 9.09. The summed E-state index contributed by atoms with van der Waals surface area (Å²) in [4.78, 5) is 32.9. The summed E-state index contributed by atoms with van der Waals surface area (Å²) in [5.74, 6) is -3.67. The standard InChI is InChI=1S/C21H32N2O3.C2H2O4/c1-20(2,25)19-17-9-5-4-8-16(17)10-13-23(19)18(24)14-22-15-21(26)11-6-3-7-12-21;3-1(4)2(5)6/h4-5,8-9,19,22,25-26H,3,6-7,10-15H2,1-2H3;(H,3,4)(H,5,6). The van der Waals surface area contributed by atoms with Crippen LogP contribution in [0.15, 0.2) is 24.3 Å². The Labute approximate surface area is 188 Å². The molecule has 9 nitrogen and oxygen atoms in total. The quantitative estimate of drug-likeness (QED) is 0.422. The van der Waals surface area contributed by atoms with E-state index in [1.807, 2.05) is 18.2 Å². The minimum absolute atomic E-state index is 0.0222. The van der Waals surface area contributed by atoms with Crippen molar-refractivity contribution in [3.05, 3.63) is 35.4 Å². The van der Waals surface area contributed by atoms with Gasteiger partial charge in [-0.25, -0.2) is 9.59 Å². The highest BCUT2D eigenvalue weighted by Gasteiger charge is 2.40. The number of fused-ring (bicyclic) bond motifs is 1. The van der Waals surface area contributed by atoms with E-state index in [1.54, 1.807) is 18.7 Å². The molecule has 1 aliphatic carbocycles. The van der Waals surface area contributed by atoms with E-state index in [0.717, 1.165) is 37.7 Å². The first-order chi connectivity index (χ1) is 14.9. The summed E-state index contributed by atoms with van der Waals surface area (Å²) in [6, 6.07) is 7.70. The molecular formula is C23H34N2O7. The van der Waals surface area contributed by atoms with E-state index < -0.39 is 23.1 Å². The van der Waals surface area contributed by atoms with Gasteiger partial charge >= 0.3 is 11.9 Å². The molecule has 0 bridgehead atoms. The lowest BCUT2D eigenvalue weighted by Gasteiger charge is -2.43. The summed E-state index contributed by atoms with van der Waals surface area (Å²) in [6.45, 7) is 4.78. The van der Waals surface area contributed by atoms with Crippen LogP contribution in [-0.4, -0.2) is 74.0 Å². The zero-order valence-corrected chi connectivity index (χ0v) is 18.7. The van der Waals surface area contributed by atoms with E-state index in [0.29, 0.717) is 13.1 Å². The number of carboxylic acids is 2. The molecule has 1 atom stereocenters. The van der Waals surface area contributed by atoms with Crippen LogP contribution in [0.25, 0.3) is 0 Å². The molecule has 1 heterocycles. The maximum Gasteiger partial charge on any atom is 0.414 e. The Morgan fingerprint density at radius 2 is 1.69 bits per heavy atom. The lowest BCUT2D eigenvalue weighted by Crippen LogP contribution is -2.52. The monoisotopic (exact) mass is 450 g/mol. The molecule has 0 saturated heterocycles. The van der Waals surface area contributed by atoms with Crippen LogP contribution in [0.4, 0.5) is 0 Å². The number of hydrogen-bond donors (Lipinski definition) is 5. The molecule has 1 aromatic rings. The summed E-state index contributed by atoms with van der Waals surface area (Å²) in [7, 11) is 0. The number of carboxylic acid groups (broad SMARTS) is 2. The van der Waals surface area contributed by atoms with Gasteiger partial charge in [0.05, 0.1) is 23.8 Å². The fourth-order valence-electron chi connectivity index (χ4n) is 4.49. The molecule has 1 amide bonds. The van der Waals surface area contributed by atoms with E-state index in [9.17, 15) is 15.0 Å². The summed E-state index contributed by atoms with van der Waals surface area (Å²) in [5, 5.41) is 39.3. The average molecular weight is 451 g/mol. The fourth-order valence-corrected chi connectivity index (χ4v) is 4.49. The Bertz CT molecular complexity index is 801. The lowest BCUT2D eigenvalue weighted by molar-refractivity contribution is -0.159. The van der Waals surface area contributed by atoms with Crippen molar-refractivity contribution in [2.75, 3.05) is 19.6 Å². The maximum absolute atomic E-state index is 12.9. The van der Waals surface area contributed by atoms with Gasteiger partial charge < -0.3 is 30.6 Å². The highest BCUT2D eigenvalue weighted by molar-refractivity contribution is 6.27. The van der Waals surface area contributed by atoms with Gasteiger partial charge in [0.1, 0.15) is 0 Å². The van der Waals surface area contributed by atoms with Crippen LogP contribution in [0.1, 0.15) is 63.1 Å². The maximum atomic E-state index is 12.9. The normalized spacial score (nSPS) is 19.9. The van der Waals surface area contributed by atoms with Gasteiger partial charge in [-0.2, -0.15) is 0 Å². The fraction of sp³-hybridized carbons (Fsp3) is 0.609. The Balaban J connectivity index is 0.000000534. The van der Waals surface area contributed by atoms with Crippen LogP contribution in [0.2, 0.25) is 0 Å². The molecule has 5 N–H and O–H groups in total. The Morgan fingerprint density at radius 1 is 1.09 bits per heavy atom. The Kier molecular flexibility index (Phi) is 8.77. The van der Waals surface area contributed by atoms with E-state index in [4.69, 9.17) is 19.8 Å². The first-order valence-electron chi connectivity index (χ1n) is 10.9. The van der Waals surface area contributed by atoms with E-state index in [2.05, 4.69) is 11.4 Å². The number of nitrogens with zero attached hydrogens (tertiary/aromatic N) is 1. The second-order valence-electron chi connectivity index (χ2n) is 9.09. The second kappa shape index (κ2) is 10.9. The molecule has 178 valence electrons. The molecule has 1 aromatic carbocycles. The Morgan fingerprint density at radius 3 is 2.25 bits per heavy atom. The summed E-state index contributed by atoms with van der Waals surface area (Å²) >= 11 is 0. The predicted octanol–water partition coefficient (Wildman–Crippen LogP) is 1.32. The van der Waals surface area contributed by atoms with Gasteiger partial charge in [-0.3, -0.25) is 4.79 Å². The number of hydrogen-bond acceptors (Lipinski definition) is 6. The van der Waals surface area contributed by atoms with Crippen molar-refractivity contribution >= 4 is 17.8 Å². The van der Waals surface area contributed by atoms with Crippen molar-refractivity contribution in [2.45, 2.75) is 69.6 Å². The van der Waals surface area contributed by atoms with E-state index >= 15 is 0 Å². The van der Waals surface area contributed by atoms with Gasteiger partial charge in [-0.15, -0.1) is 0 Å². The van der Waals surface area contributed by atoms with Crippen LogP contribution < -0.4 is 5.32 Å². The van der Waals surface area contributed by atoms with Crippen molar-refractivity contribution < 1.29 is 34.8 Å². The first-order valence-corrected chi connectivity index (χ1v) is 10.9.